The van der Waals surface area contributed by atoms with Crippen molar-refractivity contribution in [2.75, 3.05) is 14.1 Å². The third-order valence-corrected chi connectivity index (χ3v) is 3.32. The van der Waals surface area contributed by atoms with Crippen LogP contribution in [0, 0.1) is 0 Å². The standard InChI is InChI=1S/C7H11N3O2S/c1-8-6-3-4-10-5-7(6)13(11,12)9-2/h3-5,7,9H,1-2H3. The van der Waals surface area contributed by atoms with Gasteiger partial charge in [-0.1, -0.05) is 0 Å². The number of nitrogens with zero attached hydrogens (tertiary/aromatic N) is 2. The average Bonchev–Trinajstić information content (AvgIpc) is 2.18. The summed E-state index contributed by atoms with van der Waals surface area (Å²) >= 11 is 0. The van der Waals surface area contributed by atoms with Crippen LogP contribution in [0.5, 0.6) is 0 Å². The summed E-state index contributed by atoms with van der Waals surface area (Å²) in [4.78, 5) is 7.63. The lowest BCUT2D eigenvalue weighted by molar-refractivity contribution is 0.589. The molecule has 1 N–H and O–H groups in total. The Bertz CT molecular complexity index is 367. The number of rotatable bonds is 2. The molecule has 0 amide bonds. The summed E-state index contributed by atoms with van der Waals surface area (Å²) in [6.45, 7) is 0. The third-order valence-electron chi connectivity index (χ3n) is 1.72. The molecule has 0 aromatic rings. The summed E-state index contributed by atoms with van der Waals surface area (Å²) in [5, 5.41) is -0.771. The maximum atomic E-state index is 11.4. The Kier molecular flexibility index (Phi) is 2.94. The smallest absolute Gasteiger partial charge is 0.225 e. The zero-order chi connectivity index (χ0) is 9.90. The highest BCUT2D eigenvalue weighted by atomic mass is 32.2. The SMILES string of the molecule is CN=C1C=CN=CC1S(=O)(=O)NC. The first kappa shape index (κ1) is 10.1. The zero-order valence-electron chi connectivity index (χ0n) is 7.43. The van der Waals surface area contributed by atoms with Crippen molar-refractivity contribution >= 4 is 21.9 Å². The summed E-state index contributed by atoms with van der Waals surface area (Å²) < 4.78 is 25.1. The molecule has 6 heteroatoms. The molecule has 0 bridgehead atoms. The van der Waals surface area contributed by atoms with Crippen molar-refractivity contribution in [2.24, 2.45) is 9.98 Å². The minimum absolute atomic E-state index is 0.490. The molecule has 5 nitrogen and oxygen atoms in total. The van der Waals surface area contributed by atoms with E-state index >= 15 is 0 Å². The van der Waals surface area contributed by atoms with Gasteiger partial charge in [0.05, 0.1) is 5.71 Å². The second-order valence-corrected chi connectivity index (χ2v) is 4.44. The van der Waals surface area contributed by atoms with Gasteiger partial charge in [-0.05, 0) is 13.1 Å². The Morgan fingerprint density at radius 3 is 2.85 bits per heavy atom. The summed E-state index contributed by atoms with van der Waals surface area (Å²) in [6, 6.07) is 0. The molecule has 0 aromatic heterocycles. The van der Waals surface area contributed by atoms with E-state index in [0.29, 0.717) is 5.71 Å². The second-order valence-electron chi connectivity index (χ2n) is 2.43. The van der Waals surface area contributed by atoms with E-state index in [1.165, 1.54) is 19.5 Å². The van der Waals surface area contributed by atoms with Crippen LogP contribution in [0.4, 0.5) is 0 Å². The Morgan fingerprint density at radius 2 is 2.31 bits per heavy atom. The van der Waals surface area contributed by atoms with Crippen LogP contribution >= 0.6 is 0 Å². The Hall–Kier alpha value is -1.01. The van der Waals surface area contributed by atoms with Gasteiger partial charge >= 0.3 is 0 Å². The van der Waals surface area contributed by atoms with E-state index < -0.39 is 15.3 Å². The molecule has 1 atom stereocenters. The van der Waals surface area contributed by atoms with Crippen LogP contribution < -0.4 is 4.72 Å². The fourth-order valence-electron chi connectivity index (χ4n) is 0.986. The number of nitrogens with one attached hydrogen (secondary N) is 1. The average molecular weight is 201 g/mol. The van der Waals surface area contributed by atoms with Gasteiger partial charge in [0, 0.05) is 19.5 Å². The van der Waals surface area contributed by atoms with Crippen molar-refractivity contribution in [2.45, 2.75) is 5.25 Å². The molecule has 1 heterocycles. The molecule has 0 fully saturated rings. The minimum Gasteiger partial charge on any atom is -0.291 e. The maximum absolute atomic E-state index is 11.4. The lowest BCUT2D eigenvalue weighted by Crippen LogP contribution is -2.39. The number of sulfonamides is 1. The molecular formula is C7H11N3O2S. The molecule has 1 aliphatic rings. The molecule has 1 rings (SSSR count). The van der Waals surface area contributed by atoms with Gasteiger partial charge < -0.3 is 0 Å². The molecule has 72 valence electrons. The molecule has 0 aliphatic carbocycles. The zero-order valence-corrected chi connectivity index (χ0v) is 8.25. The predicted molar refractivity (Wildman–Crippen MR) is 52.8 cm³/mol. The first-order valence-corrected chi connectivity index (χ1v) is 5.25. The molecule has 13 heavy (non-hydrogen) atoms. The van der Waals surface area contributed by atoms with Crippen LogP contribution in [0.1, 0.15) is 0 Å². The molecule has 0 saturated heterocycles. The fourth-order valence-corrected chi connectivity index (χ4v) is 1.97. The van der Waals surface area contributed by atoms with Gasteiger partial charge in [-0.25, -0.2) is 13.1 Å². The third kappa shape index (κ3) is 2.02. The molecular weight excluding hydrogens is 190 g/mol. The first-order chi connectivity index (χ1) is 6.11. The molecule has 1 unspecified atom stereocenters. The fraction of sp³-hybridized carbons (Fsp3) is 0.429. The van der Waals surface area contributed by atoms with E-state index in [9.17, 15) is 8.42 Å². The van der Waals surface area contributed by atoms with Crippen LogP contribution in [-0.4, -0.2) is 39.7 Å². The summed E-state index contributed by atoms with van der Waals surface area (Å²) in [6.07, 6.45) is 4.46. The minimum atomic E-state index is -3.36. The Morgan fingerprint density at radius 1 is 1.62 bits per heavy atom. The van der Waals surface area contributed by atoms with Gasteiger partial charge in [-0.3, -0.25) is 9.98 Å². The molecule has 0 saturated carbocycles. The van der Waals surface area contributed by atoms with E-state index in [0.717, 1.165) is 0 Å². The number of aliphatic imine (C=N–C) groups is 2. The lowest BCUT2D eigenvalue weighted by atomic mass is 10.2. The van der Waals surface area contributed by atoms with E-state index in [-0.39, 0.29) is 0 Å². The highest BCUT2D eigenvalue weighted by Crippen LogP contribution is 2.05. The van der Waals surface area contributed by atoms with Gasteiger partial charge in [0.15, 0.2) is 5.25 Å². The van der Waals surface area contributed by atoms with Crippen LogP contribution in [0.3, 0.4) is 0 Å². The number of allylic oxidation sites excluding steroid dienone is 1. The van der Waals surface area contributed by atoms with Crippen LogP contribution in [0.25, 0.3) is 0 Å². The van der Waals surface area contributed by atoms with Crippen molar-refractivity contribution < 1.29 is 8.42 Å². The molecule has 0 radical (unpaired) electrons. The normalized spacial score (nSPS) is 25.4. The summed E-state index contributed by atoms with van der Waals surface area (Å²) in [5.74, 6) is 0. The van der Waals surface area contributed by atoms with Crippen molar-refractivity contribution in [1.82, 2.24) is 4.72 Å². The molecule has 0 spiro atoms. The topological polar surface area (TPSA) is 70.9 Å². The van der Waals surface area contributed by atoms with Gasteiger partial charge in [0.2, 0.25) is 10.0 Å². The largest absolute Gasteiger partial charge is 0.291 e. The van der Waals surface area contributed by atoms with Crippen LogP contribution in [0.15, 0.2) is 22.3 Å². The maximum Gasteiger partial charge on any atom is 0.225 e. The van der Waals surface area contributed by atoms with Crippen LogP contribution in [0.2, 0.25) is 0 Å². The van der Waals surface area contributed by atoms with Gasteiger partial charge in [-0.2, -0.15) is 0 Å². The number of hydrogen-bond acceptors (Lipinski definition) is 4. The summed E-state index contributed by atoms with van der Waals surface area (Å²) in [5.41, 5.74) is 0.490. The Labute approximate surface area is 77.3 Å². The van der Waals surface area contributed by atoms with E-state index in [2.05, 4.69) is 14.7 Å². The molecule has 0 aromatic carbocycles. The van der Waals surface area contributed by atoms with Crippen molar-refractivity contribution in [1.29, 1.82) is 0 Å². The van der Waals surface area contributed by atoms with Crippen LogP contribution in [-0.2, 0) is 10.0 Å². The highest BCUT2D eigenvalue weighted by Gasteiger charge is 2.26. The monoisotopic (exact) mass is 201 g/mol. The first-order valence-electron chi connectivity index (χ1n) is 3.70. The highest BCUT2D eigenvalue weighted by molar-refractivity contribution is 7.91. The molecule has 1 aliphatic heterocycles. The van der Waals surface area contributed by atoms with Crippen molar-refractivity contribution in [3.8, 4) is 0 Å². The van der Waals surface area contributed by atoms with Gasteiger partial charge in [-0.15, -0.1) is 0 Å². The van der Waals surface area contributed by atoms with E-state index in [4.69, 9.17) is 0 Å². The van der Waals surface area contributed by atoms with Crippen molar-refractivity contribution in [3.05, 3.63) is 12.3 Å². The summed E-state index contributed by atoms with van der Waals surface area (Å²) in [7, 11) is -0.441. The van der Waals surface area contributed by atoms with E-state index in [1.807, 2.05) is 0 Å². The Balaban J connectivity index is 3.06. The quantitative estimate of drug-likeness (QED) is 0.658. The van der Waals surface area contributed by atoms with Crippen molar-refractivity contribution in [3.63, 3.8) is 0 Å². The number of hydrogen-bond donors (Lipinski definition) is 1. The lowest BCUT2D eigenvalue weighted by Gasteiger charge is -2.13. The predicted octanol–water partition coefficient (Wildman–Crippen LogP) is -0.427. The van der Waals surface area contributed by atoms with E-state index in [1.54, 1.807) is 13.1 Å². The second kappa shape index (κ2) is 3.80. The van der Waals surface area contributed by atoms with Gasteiger partial charge in [0.1, 0.15) is 0 Å². The van der Waals surface area contributed by atoms with Gasteiger partial charge in [0.25, 0.3) is 0 Å².